The van der Waals surface area contributed by atoms with Crippen molar-refractivity contribution < 1.29 is 13.2 Å². The van der Waals surface area contributed by atoms with Gasteiger partial charge in [0.1, 0.15) is 0 Å². The molecule has 1 saturated heterocycles. The standard InChI is InChI=1S/C18H22N4O3S/c23-18(17-14-15-6-4-5-9-22(15)19-17)20-10-12-21(13-11-20)26(24,25)16-7-2-1-3-8-16/h1-3,7-8,14H,4-6,9-13H2. The Kier molecular flexibility index (Phi) is 4.54. The molecule has 4 rings (SSSR count). The van der Waals surface area contributed by atoms with Gasteiger partial charge in [0.15, 0.2) is 5.69 Å². The lowest BCUT2D eigenvalue weighted by molar-refractivity contribution is 0.0691. The maximum absolute atomic E-state index is 12.7. The van der Waals surface area contributed by atoms with Crippen LogP contribution in [0.25, 0.3) is 0 Å². The molecule has 0 radical (unpaired) electrons. The van der Waals surface area contributed by atoms with Crippen molar-refractivity contribution in [2.24, 2.45) is 0 Å². The summed E-state index contributed by atoms with van der Waals surface area (Å²) in [5, 5.41) is 4.43. The van der Waals surface area contributed by atoms with E-state index in [0.29, 0.717) is 36.8 Å². The Morgan fingerprint density at radius 3 is 2.38 bits per heavy atom. The molecule has 2 aliphatic heterocycles. The average Bonchev–Trinajstić information content (AvgIpc) is 3.12. The van der Waals surface area contributed by atoms with Gasteiger partial charge in [0.2, 0.25) is 10.0 Å². The minimum atomic E-state index is -3.50. The number of hydrogen-bond acceptors (Lipinski definition) is 4. The van der Waals surface area contributed by atoms with Gasteiger partial charge < -0.3 is 4.90 Å². The van der Waals surface area contributed by atoms with Crippen LogP contribution in [0.2, 0.25) is 0 Å². The summed E-state index contributed by atoms with van der Waals surface area (Å²) >= 11 is 0. The summed E-state index contributed by atoms with van der Waals surface area (Å²) in [6.07, 6.45) is 3.19. The summed E-state index contributed by atoms with van der Waals surface area (Å²) in [4.78, 5) is 14.7. The van der Waals surface area contributed by atoms with Gasteiger partial charge in [-0.15, -0.1) is 0 Å². The summed E-state index contributed by atoms with van der Waals surface area (Å²) < 4.78 is 28.7. The summed E-state index contributed by atoms with van der Waals surface area (Å²) in [5.41, 5.74) is 1.59. The molecule has 3 heterocycles. The molecule has 1 aromatic carbocycles. The van der Waals surface area contributed by atoms with Crippen LogP contribution in [-0.2, 0) is 23.0 Å². The molecular weight excluding hydrogens is 352 g/mol. The Hall–Kier alpha value is -2.19. The second kappa shape index (κ2) is 6.85. The van der Waals surface area contributed by atoms with Gasteiger partial charge in [-0.2, -0.15) is 9.40 Å². The van der Waals surface area contributed by atoms with Crippen LogP contribution in [0.5, 0.6) is 0 Å². The normalized spacial score (nSPS) is 18.5. The van der Waals surface area contributed by atoms with E-state index in [-0.39, 0.29) is 5.91 Å². The first-order valence-corrected chi connectivity index (χ1v) is 10.4. The molecule has 1 aromatic heterocycles. The Labute approximate surface area is 153 Å². The van der Waals surface area contributed by atoms with Crippen LogP contribution in [0.3, 0.4) is 0 Å². The van der Waals surface area contributed by atoms with Crippen molar-refractivity contribution in [3.63, 3.8) is 0 Å². The van der Waals surface area contributed by atoms with E-state index in [1.54, 1.807) is 35.2 Å². The van der Waals surface area contributed by atoms with Gasteiger partial charge in [0.05, 0.1) is 4.90 Å². The fourth-order valence-corrected chi connectivity index (χ4v) is 5.00. The molecule has 138 valence electrons. The number of rotatable bonds is 3. The second-order valence-electron chi connectivity index (χ2n) is 6.71. The predicted octanol–water partition coefficient (Wildman–Crippen LogP) is 1.37. The number of amides is 1. The van der Waals surface area contributed by atoms with E-state index in [0.717, 1.165) is 31.5 Å². The third-order valence-electron chi connectivity index (χ3n) is 5.04. The fraction of sp³-hybridized carbons (Fsp3) is 0.444. The van der Waals surface area contributed by atoms with E-state index in [2.05, 4.69) is 5.10 Å². The first-order valence-electron chi connectivity index (χ1n) is 8.97. The molecule has 0 N–H and O–H groups in total. The Balaban J connectivity index is 1.43. The van der Waals surface area contributed by atoms with E-state index in [1.165, 1.54) is 4.31 Å². The van der Waals surface area contributed by atoms with Crippen LogP contribution >= 0.6 is 0 Å². The van der Waals surface area contributed by atoms with Crippen molar-refractivity contribution in [3.8, 4) is 0 Å². The van der Waals surface area contributed by atoms with Gasteiger partial charge in [-0.05, 0) is 37.5 Å². The average molecular weight is 374 g/mol. The van der Waals surface area contributed by atoms with Crippen LogP contribution < -0.4 is 0 Å². The third kappa shape index (κ3) is 3.14. The molecular formula is C18H22N4O3S. The summed E-state index contributed by atoms with van der Waals surface area (Å²) in [7, 11) is -3.50. The van der Waals surface area contributed by atoms with Crippen molar-refractivity contribution in [1.82, 2.24) is 19.0 Å². The smallest absolute Gasteiger partial charge is 0.274 e. The highest BCUT2D eigenvalue weighted by Gasteiger charge is 2.31. The number of carbonyl (C=O) groups is 1. The SMILES string of the molecule is O=C(c1cc2n(n1)CCCC2)N1CCN(S(=O)(=O)c2ccccc2)CC1. The van der Waals surface area contributed by atoms with Gasteiger partial charge in [-0.25, -0.2) is 8.42 Å². The molecule has 2 aliphatic rings. The van der Waals surface area contributed by atoms with Gasteiger partial charge in [0.25, 0.3) is 5.91 Å². The molecule has 1 fully saturated rings. The lowest BCUT2D eigenvalue weighted by Gasteiger charge is -2.33. The topological polar surface area (TPSA) is 75.5 Å². The number of piperazine rings is 1. The van der Waals surface area contributed by atoms with E-state index in [9.17, 15) is 13.2 Å². The van der Waals surface area contributed by atoms with E-state index < -0.39 is 10.0 Å². The van der Waals surface area contributed by atoms with Crippen LogP contribution in [0, 0.1) is 0 Å². The van der Waals surface area contributed by atoms with Crippen molar-refractivity contribution in [1.29, 1.82) is 0 Å². The third-order valence-corrected chi connectivity index (χ3v) is 6.95. The molecule has 26 heavy (non-hydrogen) atoms. The van der Waals surface area contributed by atoms with Crippen LogP contribution in [0.15, 0.2) is 41.3 Å². The number of hydrogen-bond donors (Lipinski definition) is 0. The second-order valence-corrected chi connectivity index (χ2v) is 8.65. The predicted molar refractivity (Wildman–Crippen MR) is 96.3 cm³/mol. The van der Waals surface area contributed by atoms with Crippen LogP contribution in [-0.4, -0.2) is 59.5 Å². The van der Waals surface area contributed by atoms with E-state index in [1.807, 2.05) is 10.7 Å². The Bertz CT molecular complexity index is 876. The van der Waals surface area contributed by atoms with Crippen molar-refractivity contribution >= 4 is 15.9 Å². The van der Waals surface area contributed by atoms with Crippen LogP contribution in [0.1, 0.15) is 29.0 Å². The maximum Gasteiger partial charge on any atom is 0.274 e. The molecule has 0 unspecified atom stereocenters. The highest BCUT2D eigenvalue weighted by Crippen LogP contribution is 2.19. The largest absolute Gasteiger partial charge is 0.335 e. The highest BCUT2D eigenvalue weighted by atomic mass is 32.2. The first kappa shape index (κ1) is 17.2. The van der Waals surface area contributed by atoms with Gasteiger partial charge in [-0.3, -0.25) is 9.48 Å². The first-order chi connectivity index (χ1) is 12.6. The molecule has 0 spiro atoms. The zero-order valence-corrected chi connectivity index (χ0v) is 15.4. The molecule has 0 aliphatic carbocycles. The fourth-order valence-electron chi connectivity index (χ4n) is 3.56. The number of nitrogens with zero attached hydrogens (tertiary/aromatic N) is 4. The Morgan fingerprint density at radius 1 is 0.962 bits per heavy atom. The Morgan fingerprint density at radius 2 is 1.69 bits per heavy atom. The number of sulfonamides is 1. The molecule has 0 bridgehead atoms. The van der Waals surface area contributed by atoms with Crippen LogP contribution in [0.4, 0.5) is 0 Å². The van der Waals surface area contributed by atoms with Crippen molar-refractivity contribution in [2.45, 2.75) is 30.7 Å². The molecule has 0 saturated carbocycles. The number of fused-ring (bicyclic) bond motifs is 1. The van der Waals surface area contributed by atoms with Gasteiger partial charge in [0, 0.05) is 38.4 Å². The van der Waals surface area contributed by atoms with E-state index >= 15 is 0 Å². The number of carbonyl (C=O) groups excluding carboxylic acids is 1. The summed E-state index contributed by atoms with van der Waals surface area (Å²) in [5.74, 6) is -0.108. The minimum Gasteiger partial charge on any atom is -0.335 e. The molecule has 1 amide bonds. The highest BCUT2D eigenvalue weighted by molar-refractivity contribution is 7.89. The zero-order chi connectivity index (χ0) is 18.1. The number of aryl methyl sites for hydroxylation is 2. The molecule has 2 aromatic rings. The minimum absolute atomic E-state index is 0.108. The van der Waals surface area contributed by atoms with Gasteiger partial charge in [-0.1, -0.05) is 18.2 Å². The monoisotopic (exact) mass is 374 g/mol. The molecule has 7 nitrogen and oxygen atoms in total. The summed E-state index contributed by atoms with van der Waals surface area (Å²) in [6, 6.07) is 10.3. The van der Waals surface area contributed by atoms with E-state index in [4.69, 9.17) is 0 Å². The summed E-state index contributed by atoms with van der Waals surface area (Å²) in [6.45, 7) is 2.24. The van der Waals surface area contributed by atoms with Crippen molar-refractivity contribution in [3.05, 3.63) is 47.8 Å². The quantitative estimate of drug-likeness (QED) is 0.813. The lowest BCUT2D eigenvalue weighted by Crippen LogP contribution is -2.50. The number of benzene rings is 1. The van der Waals surface area contributed by atoms with Crippen molar-refractivity contribution in [2.75, 3.05) is 26.2 Å². The zero-order valence-electron chi connectivity index (χ0n) is 14.5. The number of aromatic nitrogens is 2. The maximum atomic E-state index is 12.7. The molecule has 8 heteroatoms. The lowest BCUT2D eigenvalue weighted by atomic mass is 10.1. The van der Waals surface area contributed by atoms with Gasteiger partial charge >= 0.3 is 0 Å². The molecule has 0 atom stereocenters.